The highest BCUT2D eigenvalue weighted by Crippen LogP contribution is 2.32. The van der Waals surface area contributed by atoms with Crippen molar-refractivity contribution >= 4 is 49.1 Å². The normalized spacial score (nSPS) is 11.0. The third-order valence-corrected chi connectivity index (χ3v) is 5.64. The predicted molar refractivity (Wildman–Crippen MR) is 96.0 cm³/mol. The smallest absolute Gasteiger partial charge is 0.255 e. The molecule has 0 spiro atoms. The van der Waals surface area contributed by atoms with Crippen LogP contribution in [0.4, 0.5) is 0 Å². The number of amides is 1. The van der Waals surface area contributed by atoms with Gasteiger partial charge in [0.05, 0.1) is 13.1 Å². The molecule has 0 atom stereocenters. The van der Waals surface area contributed by atoms with Crippen LogP contribution in [0.5, 0.6) is 0 Å². The molecule has 5 heteroatoms. The summed E-state index contributed by atoms with van der Waals surface area (Å²) in [5.41, 5.74) is 3.16. The molecule has 0 saturated carbocycles. The van der Waals surface area contributed by atoms with Crippen molar-refractivity contribution in [3.8, 4) is 0 Å². The Morgan fingerprint density at radius 2 is 1.86 bits per heavy atom. The molecule has 0 N–H and O–H groups in total. The molecule has 0 radical (unpaired) electrons. The molecule has 1 amide bonds. The number of halogens is 2. The molecular weight excluding hydrogens is 414 g/mol. The Morgan fingerprint density at radius 3 is 2.33 bits per heavy atom. The number of nitrogens with zero attached hydrogens (tertiary/aromatic N) is 1. The van der Waals surface area contributed by atoms with Crippen molar-refractivity contribution in [2.75, 3.05) is 7.05 Å². The van der Waals surface area contributed by atoms with Gasteiger partial charge < -0.3 is 4.90 Å². The molecule has 0 aliphatic rings. The molecule has 0 unspecified atom stereocenters. The lowest BCUT2D eigenvalue weighted by atomic mass is 10.0. The SMILES string of the molecule is CC(C)c1ccc(CN(C)C(=O)c2cc(Br)sc2Br)cc1. The second-order valence-electron chi connectivity index (χ2n) is 5.30. The van der Waals surface area contributed by atoms with E-state index in [0.29, 0.717) is 18.0 Å². The summed E-state index contributed by atoms with van der Waals surface area (Å²) in [5.74, 6) is 0.550. The summed E-state index contributed by atoms with van der Waals surface area (Å²) in [5, 5.41) is 0. The number of carbonyl (C=O) groups excluding carboxylic acids is 1. The zero-order chi connectivity index (χ0) is 15.6. The summed E-state index contributed by atoms with van der Waals surface area (Å²) in [6.07, 6.45) is 0. The molecule has 0 bridgehead atoms. The first-order chi connectivity index (χ1) is 9.88. The number of benzene rings is 1. The highest BCUT2D eigenvalue weighted by atomic mass is 79.9. The quantitative estimate of drug-likeness (QED) is 0.611. The van der Waals surface area contributed by atoms with Crippen molar-refractivity contribution in [2.45, 2.75) is 26.3 Å². The van der Waals surface area contributed by atoms with Gasteiger partial charge >= 0.3 is 0 Å². The van der Waals surface area contributed by atoms with E-state index in [0.717, 1.165) is 13.1 Å². The minimum absolute atomic E-state index is 0.0248. The Balaban J connectivity index is 2.08. The number of carbonyl (C=O) groups is 1. The Kier molecular flexibility index (Phi) is 5.63. The van der Waals surface area contributed by atoms with E-state index in [9.17, 15) is 4.79 Å². The Morgan fingerprint density at radius 1 is 1.24 bits per heavy atom. The lowest BCUT2D eigenvalue weighted by molar-refractivity contribution is 0.0785. The zero-order valence-electron chi connectivity index (χ0n) is 12.2. The Hall–Kier alpha value is -0.650. The lowest BCUT2D eigenvalue weighted by Gasteiger charge is -2.17. The van der Waals surface area contributed by atoms with E-state index in [-0.39, 0.29) is 5.91 Å². The minimum atomic E-state index is 0.0248. The summed E-state index contributed by atoms with van der Waals surface area (Å²) in [7, 11) is 1.83. The minimum Gasteiger partial charge on any atom is -0.337 e. The lowest BCUT2D eigenvalue weighted by Crippen LogP contribution is -2.26. The summed E-state index contributed by atoms with van der Waals surface area (Å²) in [6, 6.07) is 10.3. The van der Waals surface area contributed by atoms with E-state index >= 15 is 0 Å². The predicted octanol–water partition coefficient (Wildman–Crippen LogP) is 5.67. The van der Waals surface area contributed by atoms with Crippen LogP contribution < -0.4 is 0 Å². The molecule has 1 aromatic carbocycles. The average molecular weight is 431 g/mol. The largest absolute Gasteiger partial charge is 0.337 e. The van der Waals surface area contributed by atoms with Gasteiger partial charge in [-0.15, -0.1) is 11.3 Å². The highest BCUT2D eigenvalue weighted by Gasteiger charge is 2.17. The number of rotatable bonds is 4. The number of hydrogen-bond acceptors (Lipinski definition) is 2. The molecular formula is C16H17Br2NOS. The van der Waals surface area contributed by atoms with Crippen molar-refractivity contribution in [3.05, 3.63) is 54.6 Å². The van der Waals surface area contributed by atoms with Gasteiger partial charge in [0.25, 0.3) is 5.91 Å². The van der Waals surface area contributed by atoms with Crippen LogP contribution in [0.2, 0.25) is 0 Å². The summed E-state index contributed by atoms with van der Waals surface area (Å²) in [6.45, 7) is 4.96. The first-order valence-electron chi connectivity index (χ1n) is 6.67. The summed E-state index contributed by atoms with van der Waals surface area (Å²) in [4.78, 5) is 14.2. The molecule has 112 valence electrons. The third kappa shape index (κ3) is 4.18. The maximum absolute atomic E-state index is 12.4. The molecule has 1 aromatic heterocycles. The third-order valence-electron chi connectivity index (χ3n) is 3.30. The van der Waals surface area contributed by atoms with Gasteiger partial charge in [-0.05, 0) is 55.0 Å². The van der Waals surface area contributed by atoms with Crippen LogP contribution in [0.1, 0.15) is 41.3 Å². The molecule has 0 aliphatic heterocycles. The van der Waals surface area contributed by atoms with Gasteiger partial charge in [-0.2, -0.15) is 0 Å². The maximum Gasteiger partial charge on any atom is 0.255 e. The standard InChI is InChI=1S/C16H17Br2NOS/c1-10(2)12-6-4-11(5-7-12)9-19(3)16(20)13-8-14(17)21-15(13)18/h4-8,10H,9H2,1-3H3. The van der Waals surface area contributed by atoms with Crippen molar-refractivity contribution in [1.82, 2.24) is 4.90 Å². The summed E-state index contributed by atoms with van der Waals surface area (Å²) < 4.78 is 1.81. The maximum atomic E-state index is 12.4. The fraction of sp³-hybridized carbons (Fsp3) is 0.312. The molecule has 2 rings (SSSR count). The van der Waals surface area contributed by atoms with Gasteiger partial charge in [-0.1, -0.05) is 38.1 Å². The van der Waals surface area contributed by atoms with E-state index in [1.165, 1.54) is 16.9 Å². The van der Waals surface area contributed by atoms with Crippen LogP contribution >= 0.6 is 43.2 Å². The zero-order valence-corrected chi connectivity index (χ0v) is 16.2. The van der Waals surface area contributed by atoms with Crippen molar-refractivity contribution in [1.29, 1.82) is 0 Å². The molecule has 2 aromatic rings. The van der Waals surface area contributed by atoms with Crippen molar-refractivity contribution in [3.63, 3.8) is 0 Å². The number of thiophene rings is 1. The van der Waals surface area contributed by atoms with E-state index < -0.39 is 0 Å². The molecule has 0 saturated heterocycles. The second-order valence-corrected chi connectivity index (χ2v) is 9.04. The van der Waals surface area contributed by atoms with Crippen LogP contribution in [-0.2, 0) is 6.54 Å². The van der Waals surface area contributed by atoms with Crippen molar-refractivity contribution in [2.24, 2.45) is 0 Å². The first-order valence-corrected chi connectivity index (χ1v) is 9.08. The topological polar surface area (TPSA) is 20.3 Å². The fourth-order valence-electron chi connectivity index (χ4n) is 2.05. The van der Waals surface area contributed by atoms with E-state index in [1.807, 2.05) is 13.1 Å². The van der Waals surface area contributed by atoms with Crippen molar-refractivity contribution < 1.29 is 4.79 Å². The Labute approximate surface area is 146 Å². The Bertz CT molecular complexity index is 634. The van der Waals surface area contributed by atoms with E-state index in [1.54, 1.807) is 4.90 Å². The van der Waals surface area contributed by atoms with Crippen LogP contribution in [0, 0.1) is 0 Å². The highest BCUT2D eigenvalue weighted by molar-refractivity contribution is 9.12. The number of hydrogen-bond donors (Lipinski definition) is 0. The molecule has 2 nitrogen and oxygen atoms in total. The van der Waals surface area contributed by atoms with Crippen LogP contribution in [0.3, 0.4) is 0 Å². The fourth-order valence-corrected chi connectivity index (χ4v) is 4.82. The first kappa shape index (κ1) is 16.7. The van der Waals surface area contributed by atoms with Gasteiger partial charge in [-0.3, -0.25) is 4.79 Å². The monoisotopic (exact) mass is 429 g/mol. The van der Waals surface area contributed by atoms with Gasteiger partial charge in [0.2, 0.25) is 0 Å². The van der Waals surface area contributed by atoms with E-state index in [4.69, 9.17) is 0 Å². The van der Waals surface area contributed by atoms with Crippen LogP contribution in [0.25, 0.3) is 0 Å². The average Bonchev–Trinajstić information content (AvgIpc) is 2.77. The molecule has 0 aliphatic carbocycles. The van der Waals surface area contributed by atoms with Gasteiger partial charge in [0.15, 0.2) is 0 Å². The molecule has 0 fully saturated rings. The second kappa shape index (κ2) is 7.07. The van der Waals surface area contributed by atoms with Gasteiger partial charge in [0.1, 0.15) is 0 Å². The molecule has 21 heavy (non-hydrogen) atoms. The van der Waals surface area contributed by atoms with Crippen LogP contribution in [-0.4, -0.2) is 17.9 Å². The van der Waals surface area contributed by atoms with Gasteiger partial charge in [-0.25, -0.2) is 0 Å². The van der Waals surface area contributed by atoms with E-state index in [2.05, 4.69) is 70.0 Å². The molecule has 1 heterocycles. The van der Waals surface area contributed by atoms with Crippen LogP contribution in [0.15, 0.2) is 37.9 Å². The summed E-state index contributed by atoms with van der Waals surface area (Å²) >= 11 is 8.36. The van der Waals surface area contributed by atoms with Gasteiger partial charge in [0, 0.05) is 13.6 Å².